The average Bonchev–Trinajstić information content (AvgIpc) is 3.24. The third kappa shape index (κ3) is 4.14. The Labute approximate surface area is 198 Å². The Hall–Kier alpha value is -4.14. The second-order valence-electron chi connectivity index (χ2n) is 8.22. The van der Waals surface area contributed by atoms with E-state index in [0.717, 1.165) is 17.0 Å². The van der Waals surface area contributed by atoms with Gasteiger partial charge in [-0.15, -0.1) is 0 Å². The predicted octanol–water partition coefficient (Wildman–Crippen LogP) is 4.64. The van der Waals surface area contributed by atoms with Crippen LogP contribution < -0.4 is 9.47 Å². The third-order valence-corrected chi connectivity index (χ3v) is 5.99. The molecule has 0 fully saturated rings. The lowest BCUT2D eigenvalue weighted by atomic mass is 10.0. The molecule has 0 spiro atoms. The number of imide groups is 1. The van der Waals surface area contributed by atoms with Crippen molar-refractivity contribution in [1.29, 1.82) is 0 Å². The molecule has 0 aromatic heterocycles. The number of carbonyl (C=O) groups excluding carboxylic acids is 2. The minimum Gasteiger partial charge on any atom is -0.497 e. The number of rotatable bonds is 5. The number of methoxy groups -OCH3 is 1. The highest BCUT2D eigenvalue weighted by Gasteiger charge is 2.53. The van der Waals surface area contributed by atoms with Gasteiger partial charge in [0.05, 0.1) is 18.2 Å². The van der Waals surface area contributed by atoms with Crippen LogP contribution in [0.4, 0.5) is 18.0 Å². The maximum Gasteiger partial charge on any atom is 0.501 e. The van der Waals surface area contributed by atoms with E-state index in [2.05, 4.69) is 0 Å². The van der Waals surface area contributed by atoms with Crippen molar-refractivity contribution in [3.05, 3.63) is 95.1 Å². The first-order valence-electron chi connectivity index (χ1n) is 10.8. The number of nitrogens with zero attached hydrogens (tertiary/aromatic N) is 2. The quantitative estimate of drug-likeness (QED) is 0.499. The molecular weight excluding hydrogens is 461 g/mol. The van der Waals surface area contributed by atoms with Gasteiger partial charge in [-0.1, -0.05) is 36.4 Å². The van der Waals surface area contributed by atoms with Crippen LogP contribution in [-0.2, 0) is 24.1 Å². The van der Waals surface area contributed by atoms with Crippen molar-refractivity contribution in [1.82, 2.24) is 4.90 Å². The van der Waals surface area contributed by atoms with Crippen molar-refractivity contribution in [3.8, 4) is 11.5 Å². The summed E-state index contributed by atoms with van der Waals surface area (Å²) in [4.78, 5) is 28.0. The number of hydrogen-bond donors (Lipinski definition) is 0. The van der Waals surface area contributed by atoms with Gasteiger partial charge in [0.25, 0.3) is 6.10 Å². The van der Waals surface area contributed by atoms with E-state index in [1.807, 2.05) is 0 Å². The Morgan fingerprint density at radius 2 is 1.71 bits per heavy atom. The Morgan fingerprint density at radius 3 is 2.43 bits per heavy atom. The standard InChI is InChI=1S/C26H20F3N2O4/c1-34-19-11-9-16(10-12-19)14-31-24(32)23-22(20-7-2-3-8-21(20)35-23)30(25(31)33)15-17-5-4-6-18(13-17)26(27,28)29/h2-13,23H,14-15H2,1H3/q+1. The van der Waals surface area contributed by atoms with Crippen molar-refractivity contribution in [2.24, 2.45) is 0 Å². The second-order valence-corrected chi connectivity index (χ2v) is 8.22. The number of para-hydroxylation sites is 1. The van der Waals surface area contributed by atoms with E-state index in [1.165, 1.54) is 23.8 Å². The van der Waals surface area contributed by atoms with Crippen LogP contribution in [-0.4, -0.2) is 40.3 Å². The maximum atomic E-state index is 13.6. The van der Waals surface area contributed by atoms with Crippen molar-refractivity contribution in [2.45, 2.75) is 25.4 Å². The summed E-state index contributed by atoms with van der Waals surface area (Å²) in [7, 11) is 1.53. The molecule has 3 aromatic rings. The first-order valence-corrected chi connectivity index (χ1v) is 10.8. The van der Waals surface area contributed by atoms with E-state index in [-0.39, 0.29) is 18.7 Å². The highest BCUT2D eigenvalue weighted by Crippen LogP contribution is 2.34. The molecule has 0 saturated heterocycles. The molecule has 1 unspecified atom stereocenters. The first-order chi connectivity index (χ1) is 16.8. The summed E-state index contributed by atoms with van der Waals surface area (Å²) in [5.74, 6) is 0.535. The SMILES string of the molecule is COc1ccc(CN2C(=O)C3Oc4ccccc4C3=[N+](Cc3cccc(C(F)(F)F)c3)C2=O)cc1. The van der Waals surface area contributed by atoms with Gasteiger partial charge in [0.1, 0.15) is 24.6 Å². The van der Waals surface area contributed by atoms with Crippen LogP contribution in [0.1, 0.15) is 22.3 Å². The van der Waals surface area contributed by atoms with Gasteiger partial charge in [-0.2, -0.15) is 27.4 Å². The zero-order valence-electron chi connectivity index (χ0n) is 18.6. The van der Waals surface area contributed by atoms with Gasteiger partial charge in [0.15, 0.2) is 5.71 Å². The first kappa shape index (κ1) is 22.6. The molecule has 2 aliphatic rings. The number of hydrogen-bond acceptors (Lipinski definition) is 4. The molecule has 5 rings (SSSR count). The van der Waals surface area contributed by atoms with Crippen LogP contribution in [0.2, 0.25) is 0 Å². The summed E-state index contributed by atoms with van der Waals surface area (Å²) in [5.41, 5.74) is 1.05. The topological polar surface area (TPSA) is 58.8 Å². The van der Waals surface area contributed by atoms with E-state index in [0.29, 0.717) is 28.3 Å². The number of halogens is 3. The lowest BCUT2D eigenvalue weighted by Gasteiger charge is -2.24. The van der Waals surface area contributed by atoms with Gasteiger partial charge in [0, 0.05) is 0 Å². The van der Waals surface area contributed by atoms with Gasteiger partial charge >= 0.3 is 18.1 Å². The summed E-state index contributed by atoms with van der Waals surface area (Å²) in [6.07, 6.45) is -5.59. The molecule has 0 saturated carbocycles. The molecule has 3 aromatic carbocycles. The summed E-state index contributed by atoms with van der Waals surface area (Å²) < 4.78 is 52.2. The summed E-state index contributed by atoms with van der Waals surface area (Å²) in [6.45, 7) is -0.178. The van der Waals surface area contributed by atoms with Gasteiger partial charge in [-0.05, 0) is 47.5 Å². The Balaban J connectivity index is 1.56. The largest absolute Gasteiger partial charge is 0.501 e. The highest BCUT2D eigenvalue weighted by molar-refractivity contribution is 6.21. The molecular formula is C26H20F3N2O4+. The van der Waals surface area contributed by atoms with Crippen LogP contribution in [0.3, 0.4) is 0 Å². The van der Waals surface area contributed by atoms with E-state index in [9.17, 15) is 22.8 Å². The van der Waals surface area contributed by atoms with Crippen molar-refractivity contribution >= 4 is 17.6 Å². The zero-order chi connectivity index (χ0) is 24.7. The summed E-state index contributed by atoms with van der Waals surface area (Å²) >= 11 is 0. The third-order valence-electron chi connectivity index (χ3n) is 5.99. The van der Waals surface area contributed by atoms with Gasteiger partial charge in [-0.25, -0.2) is 4.79 Å². The normalized spacial score (nSPS) is 17.3. The molecule has 0 bridgehead atoms. The lowest BCUT2D eigenvalue weighted by molar-refractivity contribution is -0.457. The summed E-state index contributed by atoms with van der Waals surface area (Å²) in [6, 6.07) is 18.0. The number of alkyl halides is 3. The highest BCUT2D eigenvalue weighted by atomic mass is 19.4. The molecule has 0 aliphatic carbocycles. The fraction of sp³-hybridized carbons (Fsp3) is 0.192. The zero-order valence-corrected chi connectivity index (χ0v) is 18.6. The van der Waals surface area contributed by atoms with Crippen LogP contribution in [0.25, 0.3) is 0 Å². The van der Waals surface area contributed by atoms with Crippen LogP contribution in [0, 0.1) is 0 Å². The van der Waals surface area contributed by atoms with Gasteiger partial charge in [0.2, 0.25) is 0 Å². The molecule has 9 heteroatoms. The number of carbonyl (C=O) groups is 2. The fourth-order valence-corrected chi connectivity index (χ4v) is 4.28. The van der Waals surface area contributed by atoms with E-state index < -0.39 is 29.8 Å². The van der Waals surface area contributed by atoms with E-state index in [4.69, 9.17) is 9.47 Å². The number of urea groups is 1. The second kappa shape index (κ2) is 8.57. The van der Waals surface area contributed by atoms with Crippen molar-refractivity contribution in [3.63, 3.8) is 0 Å². The van der Waals surface area contributed by atoms with Gasteiger partial charge in [-0.3, -0.25) is 0 Å². The lowest BCUT2D eigenvalue weighted by Crippen LogP contribution is -2.57. The number of benzene rings is 3. The molecule has 178 valence electrons. The smallest absolute Gasteiger partial charge is 0.497 e. The average molecular weight is 481 g/mol. The van der Waals surface area contributed by atoms with E-state index >= 15 is 0 Å². The number of fused-ring (bicyclic) bond motifs is 3. The predicted molar refractivity (Wildman–Crippen MR) is 119 cm³/mol. The maximum absolute atomic E-state index is 13.6. The molecule has 35 heavy (non-hydrogen) atoms. The Kier molecular flexibility index (Phi) is 5.55. The van der Waals surface area contributed by atoms with E-state index in [1.54, 1.807) is 48.5 Å². The molecule has 1 atom stereocenters. The summed E-state index contributed by atoms with van der Waals surface area (Å²) in [5, 5.41) is 0. The van der Waals surface area contributed by atoms with Gasteiger partial charge < -0.3 is 9.47 Å². The van der Waals surface area contributed by atoms with Crippen LogP contribution >= 0.6 is 0 Å². The molecule has 0 radical (unpaired) electrons. The molecule has 3 amide bonds. The number of amides is 3. The Bertz CT molecular complexity index is 1350. The molecule has 2 heterocycles. The van der Waals surface area contributed by atoms with Crippen molar-refractivity contribution in [2.75, 3.05) is 7.11 Å². The monoisotopic (exact) mass is 481 g/mol. The van der Waals surface area contributed by atoms with Crippen LogP contribution in [0.15, 0.2) is 72.8 Å². The number of ether oxygens (including phenoxy) is 2. The minimum atomic E-state index is -4.52. The minimum absolute atomic E-state index is 0.0236. The molecule has 0 N–H and O–H groups in total. The molecule has 2 aliphatic heterocycles. The van der Waals surface area contributed by atoms with Crippen molar-refractivity contribution < 1.29 is 36.8 Å². The fourth-order valence-electron chi connectivity index (χ4n) is 4.28. The Morgan fingerprint density at radius 1 is 0.971 bits per heavy atom. The van der Waals surface area contributed by atoms with Crippen LogP contribution in [0.5, 0.6) is 11.5 Å². The molecule has 6 nitrogen and oxygen atoms in total.